The van der Waals surface area contributed by atoms with E-state index in [4.69, 9.17) is 5.14 Å². The molecule has 1 rings (SSSR count). The van der Waals surface area contributed by atoms with E-state index in [-0.39, 0.29) is 17.5 Å². The highest BCUT2D eigenvalue weighted by Crippen LogP contribution is 2.17. The largest absolute Gasteiger partial charge is 0.336 e. The zero-order valence-electron chi connectivity index (χ0n) is 11.8. The number of nitrogens with two attached hydrogens (primary N) is 1. The molecule has 112 valence electrons. The molecule has 20 heavy (non-hydrogen) atoms. The number of halogens is 1. The van der Waals surface area contributed by atoms with Crippen molar-refractivity contribution in [2.24, 2.45) is 5.14 Å². The van der Waals surface area contributed by atoms with Crippen molar-refractivity contribution in [3.8, 4) is 0 Å². The summed E-state index contributed by atoms with van der Waals surface area (Å²) < 4.78 is 36.0. The summed E-state index contributed by atoms with van der Waals surface area (Å²) in [6, 6.07) is 3.15. The maximum absolute atomic E-state index is 13.5. The van der Waals surface area contributed by atoms with Gasteiger partial charge >= 0.3 is 0 Å². The van der Waals surface area contributed by atoms with E-state index in [1.165, 1.54) is 6.07 Å². The van der Waals surface area contributed by atoms with E-state index in [1.807, 2.05) is 20.8 Å². The lowest BCUT2D eigenvalue weighted by Crippen LogP contribution is -2.37. The molecule has 0 saturated heterocycles. The summed E-state index contributed by atoms with van der Waals surface area (Å²) in [4.78, 5) is 13.3. The number of carbonyl (C=O) groups excluding carboxylic acids is 1. The molecular weight excluding hydrogens is 283 g/mol. The smallest absolute Gasteiger partial charge is 0.254 e. The van der Waals surface area contributed by atoms with E-state index >= 15 is 0 Å². The molecule has 1 amide bonds. The lowest BCUT2D eigenvalue weighted by molar-refractivity contribution is 0.0705. The van der Waals surface area contributed by atoms with Crippen LogP contribution in [0.4, 0.5) is 4.39 Å². The molecule has 0 unspecified atom stereocenters. The summed E-state index contributed by atoms with van der Waals surface area (Å²) in [5.74, 6) is -1.30. The molecule has 1 aromatic carbocycles. The molecule has 0 atom stereocenters. The van der Waals surface area contributed by atoms with Crippen molar-refractivity contribution in [3.05, 3.63) is 29.6 Å². The molecule has 0 aromatic heterocycles. The average molecular weight is 302 g/mol. The third-order valence-electron chi connectivity index (χ3n) is 2.83. The van der Waals surface area contributed by atoms with Gasteiger partial charge in [-0.2, -0.15) is 0 Å². The normalized spacial score (nSPS) is 11.7. The second kappa shape index (κ2) is 6.32. The van der Waals surface area contributed by atoms with Crippen LogP contribution in [0.1, 0.15) is 37.6 Å². The third-order valence-corrected chi connectivity index (χ3v) is 3.76. The molecule has 2 N–H and O–H groups in total. The van der Waals surface area contributed by atoms with Crippen LogP contribution in [-0.4, -0.2) is 31.8 Å². The molecule has 5 nitrogen and oxygen atoms in total. The fraction of sp³-hybridized carbons (Fsp3) is 0.462. The number of rotatable bonds is 5. The maximum atomic E-state index is 13.5. The summed E-state index contributed by atoms with van der Waals surface area (Å²) in [6.45, 7) is 6.19. The average Bonchev–Trinajstić information content (AvgIpc) is 2.34. The van der Waals surface area contributed by atoms with Gasteiger partial charge in [0.25, 0.3) is 5.91 Å². The Bertz CT molecular complexity index is 600. The predicted octanol–water partition coefficient (Wildman–Crippen LogP) is 1.73. The fourth-order valence-electron chi connectivity index (χ4n) is 1.86. The van der Waals surface area contributed by atoms with Crippen molar-refractivity contribution in [2.75, 3.05) is 6.54 Å². The van der Waals surface area contributed by atoms with Crippen molar-refractivity contribution in [2.45, 2.75) is 38.1 Å². The molecule has 0 bridgehead atoms. The van der Waals surface area contributed by atoms with Crippen LogP contribution in [0, 0.1) is 5.82 Å². The monoisotopic (exact) mass is 302 g/mol. The van der Waals surface area contributed by atoms with Crippen molar-refractivity contribution >= 4 is 15.9 Å². The van der Waals surface area contributed by atoms with Gasteiger partial charge in [-0.05, 0) is 38.5 Å². The second-order valence-corrected chi connectivity index (χ2v) is 6.31. The van der Waals surface area contributed by atoms with E-state index in [9.17, 15) is 17.6 Å². The Morgan fingerprint density at radius 3 is 2.45 bits per heavy atom. The number of sulfonamides is 1. The predicted molar refractivity (Wildman–Crippen MR) is 74.2 cm³/mol. The first-order valence-electron chi connectivity index (χ1n) is 6.31. The zero-order chi connectivity index (χ0) is 15.5. The molecule has 0 fully saturated rings. The Labute approximate surface area is 118 Å². The Balaban J connectivity index is 3.23. The number of hydrogen-bond donors (Lipinski definition) is 1. The molecule has 0 aliphatic carbocycles. The number of amides is 1. The Hall–Kier alpha value is -1.47. The molecule has 1 aromatic rings. The van der Waals surface area contributed by atoms with Crippen LogP contribution in [0.3, 0.4) is 0 Å². The number of carbonyl (C=O) groups is 1. The summed E-state index contributed by atoms with van der Waals surface area (Å²) in [5.41, 5.74) is 0.109. The zero-order valence-corrected chi connectivity index (χ0v) is 12.6. The van der Waals surface area contributed by atoms with Crippen molar-refractivity contribution in [1.29, 1.82) is 0 Å². The topological polar surface area (TPSA) is 80.5 Å². The van der Waals surface area contributed by atoms with Crippen molar-refractivity contribution in [3.63, 3.8) is 0 Å². The molecule has 7 heteroatoms. The lowest BCUT2D eigenvalue weighted by Gasteiger charge is -2.26. The van der Waals surface area contributed by atoms with Crippen molar-refractivity contribution in [1.82, 2.24) is 4.90 Å². The number of benzene rings is 1. The number of hydrogen-bond acceptors (Lipinski definition) is 3. The van der Waals surface area contributed by atoms with Gasteiger partial charge in [0.1, 0.15) is 10.7 Å². The van der Waals surface area contributed by atoms with Gasteiger partial charge in [0.2, 0.25) is 10.0 Å². The highest BCUT2D eigenvalue weighted by molar-refractivity contribution is 7.89. The highest BCUT2D eigenvalue weighted by atomic mass is 32.2. The van der Waals surface area contributed by atoms with Crippen LogP contribution in [0.25, 0.3) is 0 Å². The van der Waals surface area contributed by atoms with E-state index in [2.05, 4.69) is 0 Å². The SMILES string of the molecule is CCCN(C(=O)c1ccc(F)c(S(N)(=O)=O)c1)C(C)C. The van der Waals surface area contributed by atoms with Gasteiger partial charge in [-0.3, -0.25) is 4.79 Å². The number of primary sulfonamides is 1. The molecule has 0 saturated carbocycles. The number of nitrogens with zero attached hydrogens (tertiary/aromatic N) is 1. The van der Waals surface area contributed by atoms with E-state index in [1.54, 1.807) is 4.90 Å². The molecular formula is C13H19FN2O3S. The third kappa shape index (κ3) is 3.77. The molecule has 0 aliphatic rings. The van der Waals surface area contributed by atoms with Gasteiger partial charge in [-0.25, -0.2) is 17.9 Å². The van der Waals surface area contributed by atoms with Crippen LogP contribution in [0.15, 0.2) is 23.1 Å². The van der Waals surface area contributed by atoms with Gasteiger partial charge in [-0.1, -0.05) is 6.92 Å². The lowest BCUT2D eigenvalue weighted by atomic mass is 10.1. The van der Waals surface area contributed by atoms with Gasteiger partial charge in [0, 0.05) is 18.2 Å². The fourth-order valence-corrected chi connectivity index (χ4v) is 2.49. The summed E-state index contributed by atoms with van der Waals surface area (Å²) >= 11 is 0. The first-order valence-corrected chi connectivity index (χ1v) is 7.86. The maximum Gasteiger partial charge on any atom is 0.254 e. The first-order chi connectivity index (χ1) is 9.18. The van der Waals surface area contributed by atoms with Gasteiger partial charge in [-0.15, -0.1) is 0 Å². The standard InChI is InChI=1S/C13H19FN2O3S/c1-4-7-16(9(2)3)13(17)10-5-6-11(14)12(8-10)20(15,18)19/h5-6,8-9H,4,7H2,1-3H3,(H2,15,18,19). The minimum atomic E-state index is -4.19. The van der Waals surface area contributed by atoms with E-state index in [0.717, 1.165) is 18.6 Å². The van der Waals surface area contributed by atoms with Crippen LogP contribution < -0.4 is 5.14 Å². The highest BCUT2D eigenvalue weighted by Gasteiger charge is 2.22. The summed E-state index contributed by atoms with van der Waals surface area (Å²) in [6.07, 6.45) is 0.771. The molecule has 0 heterocycles. The van der Waals surface area contributed by atoms with Crippen molar-refractivity contribution < 1.29 is 17.6 Å². The molecule has 0 spiro atoms. The Kier molecular flexibility index (Phi) is 5.24. The van der Waals surface area contributed by atoms with E-state index < -0.39 is 20.7 Å². The molecule has 0 radical (unpaired) electrons. The van der Waals surface area contributed by atoms with Crippen LogP contribution in [0.5, 0.6) is 0 Å². The first kappa shape index (κ1) is 16.6. The minimum Gasteiger partial charge on any atom is -0.336 e. The van der Waals surface area contributed by atoms with Crippen LogP contribution in [0.2, 0.25) is 0 Å². The van der Waals surface area contributed by atoms with Gasteiger partial charge in [0.05, 0.1) is 0 Å². The quantitative estimate of drug-likeness (QED) is 0.899. The second-order valence-electron chi connectivity index (χ2n) is 4.78. The van der Waals surface area contributed by atoms with Crippen LogP contribution >= 0.6 is 0 Å². The Morgan fingerprint density at radius 1 is 1.40 bits per heavy atom. The summed E-state index contributed by atoms with van der Waals surface area (Å²) in [7, 11) is -4.19. The molecule has 0 aliphatic heterocycles. The van der Waals surface area contributed by atoms with Gasteiger partial charge < -0.3 is 4.90 Å². The van der Waals surface area contributed by atoms with Crippen LogP contribution in [-0.2, 0) is 10.0 Å². The Morgan fingerprint density at radius 2 is 2.00 bits per heavy atom. The summed E-state index contributed by atoms with van der Waals surface area (Å²) in [5, 5.41) is 4.93. The van der Waals surface area contributed by atoms with E-state index in [0.29, 0.717) is 6.54 Å². The minimum absolute atomic E-state index is 0.0366. The van der Waals surface area contributed by atoms with Gasteiger partial charge in [0.15, 0.2) is 0 Å².